The molecule has 2 aliphatic heterocycles. The van der Waals surface area contributed by atoms with Crippen molar-refractivity contribution in [3.8, 4) is 5.75 Å². The summed E-state index contributed by atoms with van der Waals surface area (Å²) in [5.74, 6) is 0.170. The van der Waals surface area contributed by atoms with Crippen LogP contribution < -0.4 is 4.74 Å². The Kier molecular flexibility index (Phi) is 7.62. The van der Waals surface area contributed by atoms with E-state index < -0.39 is 11.1 Å². The van der Waals surface area contributed by atoms with Gasteiger partial charge in [0.2, 0.25) is 5.91 Å². The van der Waals surface area contributed by atoms with E-state index in [1.165, 1.54) is 10.8 Å². The monoisotopic (exact) mass is 612 g/mol. The fraction of sp³-hybridized carbons (Fsp3) is 0.250. The lowest BCUT2D eigenvalue weighted by atomic mass is 10.1. The van der Waals surface area contributed by atoms with E-state index in [0.29, 0.717) is 24.6 Å². The number of hydrogen-bond acceptors (Lipinski definition) is 5. The molecule has 2 aliphatic rings. The molecule has 0 spiro atoms. The fourth-order valence-electron chi connectivity index (χ4n) is 4.46. The lowest BCUT2D eigenvalue weighted by molar-refractivity contribution is -0.136. The van der Waals surface area contributed by atoms with Gasteiger partial charge in [0.15, 0.2) is 0 Å². The van der Waals surface area contributed by atoms with Crippen molar-refractivity contribution in [2.24, 2.45) is 0 Å². The van der Waals surface area contributed by atoms with Gasteiger partial charge in [0.1, 0.15) is 18.9 Å². The quantitative estimate of drug-likeness (QED) is 0.250. The van der Waals surface area contributed by atoms with Gasteiger partial charge in [0.05, 0.1) is 8.48 Å². The molecule has 0 aliphatic carbocycles. The van der Waals surface area contributed by atoms with Crippen molar-refractivity contribution in [1.82, 2.24) is 9.80 Å². The zero-order valence-corrected chi connectivity index (χ0v) is 22.6. The second-order valence-corrected chi connectivity index (χ2v) is 11.0. The van der Waals surface area contributed by atoms with Crippen molar-refractivity contribution in [2.75, 3.05) is 19.6 Å². The molecule has 2 fully saturated rings. The Bertz CT molecular complexity index is 1360. The van der Waals surface area contributed by atoms with Crippen LogP contribution in [0.25, 0.3) is 16.8 Å². The average Bonchev–Trinajstić information content (AvgIpc) is 3.16. The topological polar surface area (TPSA) is 66.9 Å². The molecule has 0 N–H and O–H groups in total. The molecule has 0 aromatic heterocycles. The normalized spacial score (nSPS) is 17.3. The van der Waals surface area contributed by atoms with E-state index in [9.17, 15) is 14.4 Å². The van der Waals surface area contributed by atoms with Gasteiger partial charge in [0, 0.05) is 13.1 Å². The largest absolute Gasteiger partial charge is 0.488 e. The molecule has 0 unspecified atom stereocenters. The first-order valence-corrected chi connectivity index (χ1v) is 13.8. The number of nitrogens with zero attached hydrogens (tertiary/aromatic N) is 2. The third-order valence-electron chi connectivity index (χ3n) is 6.39. The van der Waals surface area contributed by atoms with Crippen LogP contribution in [0, 0.1) is 3.57 Å². The highest BCUT2D eigenvalue weighted by Crippen LogP contribution is 2.33. The second-order valence-electron chi connectivity index (χ2n) is 8.83. The van der Waals surface area contributed by atoms with Gasteiger partial charge in [-0.15, -0.1) is 0 Å². The highest BCUT2D eigenvalue weighted by Gasteiger charge is 2.37. The van der Waals surface area contributed by atoms with Crippen molar-refractivity contribution in [1.29, 1.82) is 0 Å². The molecular weight excluding hydrogens is 587 g/mol. The van der Waals surface area contributed by atoms with Crippen molar-refractivity contribution in [3.05, 3.63) is 80.3 Å². The molecule has 0 bridgehead atoms. The summed E-state index contributed by atoms with van der Waals surface area (Å²) >= 11 is 3.09. The van der Waals surface area contributed by atoms with Crippen molar-refractivity contribution in [2.45, 2.75) is 25.9 Å². The highest BCUT2D eigenvalue weighted by atomic mass is 127. The Morgan fingerprint density at radius 2 is 1.78 bits per heavy atom. The average molecular weight is 612 g/mol. The summed E-state index contributed by atoms with van der Waals surface area (Å²) in [7, 11) is 0. The lowest BCUT2D eigenvalue weighted by Crippen LogP contribution is -2.44. The minimum absolute atomic E-state index is 0.166. The second kappa shape index (κ2) is 11.0. The number of hydrogen-bond donors (Lipinski definition) is 0. The maximum absolute atomic E-state index is 12.9. The Morgan fingerprint density at radius 1 is 1.00 bits per heavy atom. The minimum Gasteiger partial charge on any atom is -0.488 e. The van der Waals surface area contributed by atoms with Gasteiger partial charge in [-0.2, -0.15) is 0 Å². The predicted octanol–water partition coefficient (Wildman–Crippen LogP) is 6.07. The molecule has 5 rings (SSSR count). The number of carbonyl (C=O) groups is 3. The standard InChI is InChI=1S/C28H25IN2O4S/c29-23-15-19(11-12-24(23)35-18-21-9-6-8-20-7-2-3-10-22(20)21)16-25-27(33)31(28(34)36-25)17-26(32)30-13-4-1-5-14-30/h2-3,6-12,15-16H,1,4-5,13-14,17-18H2/b25-16-. The Hall–Kier alpha value is -2.85. The van der Waals surface area contributed by atoms with E-state index >= 15 is 0 Å². The number of amides is 3. The molecule has 2 saturated heterocycles. The third-order valence-corrected chi connectivity index (χ3v) is 8.14. The van der Waals surface area contributed by atoms with E-state index in [2.05, 4.69) is 46.9 Å². The van der Waals surface area contributed by atoms with Crippen LogP contribution in [0.4, 0.5) is 4.79 Å². The summed E-state index contributed by atoms with van der Waals surface area (Å²) in [4.78, 5) is 41.0. The SMILES string of the molecule is O=C(CN1C(=O)S/C(=C\c2ccc(OCc3cccc4ccccc34)c(I)c2)C1=O)N1CCCCC1. The first-order chi connectivity index (χ1) is 17.5. The minimum atomic E-state index is -0.415. The Morgan fingerprint density at radius 3 is 2.58 bits per heavy atom. The summed E-state index contributed by atoms with van der Waals surface area (Å²) in [6.07, 6.45) is 4.74. The van der Waals surface area contributed by atoms with Crippen molar-refractivity contribution < 1.29 is 19.1 Å². The van der Waals surface area contributed by atoms with E-state index in [-0.39, 0.29) is 12.5 Å². The van der Waals surface area contributed by atoms with Crippen LogP contribution in [0.2, 0.25) is 0 Å². The molecule has 3 aromatic carbocycles. The fourth-order valence-corrected chi connectivity index (χ4v) is 6.00. The Balaban J connectivity index is 1.25. The number of piperidine rings is 1. The molecule has 3 amide bonds. The molecule has 3 aromatic rings. The van der Waals surface area contributed by atoms with Crippen LogP contribution in [0.5, 0.6) is 5.75 Å². The Labute approximate surface area is 227 Å². The van der Waals surface area contributed by atoms with Gasteiger partial charge in [-0.05, 0) is 93.7 Å². The predicted molar refractivity (Wildman–Crippen MR) is 151 cm³/mol. The van der Waals surface area contributed by atoms with Gasteiger partial charge < -0.3 is 9.64 Å². The summed E-state index contributed by atoms with van der Waals surface area (Å²) < 4.78 is 7.01. The zero-order chi connectivity index (χ0) is 25.1. The van der Waals surface area contributed by atoms with E-state index in [0.717, 1.165) is 56.4 Å². The zero-order valence-electron chi connectivity index (χ0n) is 19.6. The van der Waals surface area contributed by atoms with Gasteiger partial charge in [0.25, 0.3) is 11.1 Å². The summed E-state index contributed by atoms with van der Waals surface area (Å²) in [6.45, 7) is 1.64. The molecule has 8 heteroatoms. The molecule has 0 atom stereocenters. The van der Waals surface area contributed by atoms with Crippen LogP contribution in [0.15, 0.2) is 65.6 Å². The van der Waals surface area contributed by atoms with Crippen LogP contribution in [-0.4, -0.2) is 46.5 Å². The highest BCUT2D eigenvalue weighted by molar-refractivity contribution is 14.1. The van der Waals surface area contributed by atoms with Crippen LogP contribution in [0.1, 0.15) is 30.4 Å². The summed E-state index contributed by atoms with van der Waals surface area (Å²) in [6, 6.07) is 20.1. The number of benzene rings is 3. The number of halogens is 1. The molecule has 36 heavy (non-hydrogen) atoms. The number of ether oxygens (including phenoxy) is 1. The number of carbonyl (C=O) groups excluding carboxylic acids is 3. The maximum atomic E-state index is 12.9. The number of fused-ring (bicyclic) bond motifs is 1. The summed E-state index contributed by atoms with van der Waals surface area (Å²) in [5.41, 5.74) is 1.91. The van der Waals surface area contributed by atoms with Crippen LogP contribution >= 0.6 is 34.4 Å². The number of rotatable bonds is 6. The number of likely N-dealkylation sites (tertiary alicyclic amines) is 1. The first-order valence-electron chi connectivity index (χ1n) is 11.9. The smallest absolute Gasteiger partial charge is 0.294 e. The molecule has 184 valence electrons. The molecule has 0 radical (unpaired) electrons. The van der Waals surface area contributed by atoms with Crippen molar-refractivity contribution in [3.63, 3.8) is 0 Å². The van der Waals surface area contributed by atoms with Gasteiger partial charge in [-0.3, -0.25) is 19.3 Å². The van der Waals surface area contributed by atoms with E-state index in [1.54, 1.807) is 11.0 Å². The van der Waals surface area contributed by atoms with Gasteiger partial charge in [-0.25, -0.2) is 0 Å². The van der Waals surface area contributed by atoms with E-state index in [4.69, 9.17) is 4.74 Å². The van der Waals surface area contributed by atoms with Crippen LogP contribution in [0.3, 0.4) is 0 Å². The summed E-state index contributed by atoms with van der Waals surface area (Å²) in [5, 5.41) is 1.94. The maximum Gasteiger partial charge on any atom is 0.294 e. The molecule has 6 nitrogen and oxygen atoms in total. The number of imide groups is 1. The van der Waals surface area contributed by atoms with Gasteiger partial charge in [-0.1, -0.05) is 48.5 Å². The van der Waals surface area contributed by atoms with Crippen LogP contribution in [-0.2, 0) is 16.2 Å². The van der Waals surface area contributed by atoms with Crippen molar-refractivity contribution >= 4 is 68.3 Å². The van der Waals surface area contributed by atoms with E-state index in [1.807, 2.05) is 36.4 Å². The molecular formula is C28H25IN2O4S. The lowest BCUT2D eigenvalue weighted by Gasteiger charge is -2.27. The van der Waals surface area contributed by atoms with Gasteiger partial charge >= 0.3 is 0 Å². The molecule has 0 saturated carbocycles. The number of thioether (sulfide) groups is 1. The first kappa shape index (κ1) is 24.8. The molecule has 2 heterocycles. The third kappa shape index (κ3) is 5.44.